The number of nitrogens with one attached hydrogen (secondary N) is 1. The number of methoxy groups -OCH3 is 1. The number of furan rings is 1. The molecule has 1 aromatic carbocycles. The van der Waals surface area contributed by atoms with Gasteiger partial charge in [0, 0.05) is 0 Å². The first-order valence-corrected chi connectivity index (χ1v) is 7.11. The first-order valence-electron chi connectivity index (χ1n) is 6.71. The van der Waals surface area contributed by atoms with Crippen LogP contribution in [0, 0.1) is 0 Å². The van der Waals surface area contributed by atoms with Crippen molar-refractivity contribution in [1.82, 2.24) is 5.43 Å². The van der Waals surface area contributed by atoms with Gasteiger partial charge in [0.15, 0.2) is 16.6 Å². The fourth-order valence-corrected chi connectivity index (χ4v) is 1.83. The summed E-state index contributed by atoms with van der Waals surface area (Å²) in [6.45, 7) is 0.0695. The molecule has 0 aliphatic heterocycles. The summed E-state index contributed by atoms with van der Waals surface area (Å²) in [6, 6.07) is 8.07. The molecule has 0 unspecified atom stereocenters. The third kappa shape index (κ3) is 4.71. The number of carbonyl (C=O) groups is 1. The molecule has 0 saturated carbocycles. The summed E-state index contributed by atoms with van der Waals surface area (Å²) in [6.07, 6.45) is 1.52. The number of benzene rings is 1. The Morgan fingerprint density at radius 1 is 1.42 bits per heavy atom. The number of carboxylic acids is 1. The van der Waals surface area contributed by atoms with Crippen LogP contribution in [0.15, 0.2) is 39.9 Å². The normalized spacial score (nSPS) is 10.5. The van der Waals surface area contributed by atoms with Crippen molar-refractivity contribution >= 4 is 29.5 Å². The Morgan fingerprint density at radius 3 is 2.83 bits per heavy atom. The van der Waals surface area contributed by atoms with Crippen LogP contribution in [0.1, 0.15) is 21.9 Å². The summed E-state index contributed by atoms with van der Waals surface area (Å²) in [5.74, 6) is 0.0794. The molecule has 126 valence electrons. The zero-order valence-electron chi connectivity index (χ0n) is 12.7. The Labute approximate surface area is 142 Å². The van der Waals surface area contributed by atoms with Crippen LogP contribution in [-0.4, -0.2) is 29.5 Å². The predicted octanol–water partition coefficient (Wildman–Crippen LogP) is 1.73. The lowest BCUT2D eigenvalue weighted by molar-refractivity contribution is 0.0658. The van der Waals surface area contributed by atoms with Gasteiger partial charge in [-0.05, 0) is 48.1 Å². The number of hydrogen-bond donors (Lipinski definition) is 3. The molecule has 2 rings (SSSR count). The fraction of sp³-hybridized carbons (Fsp3) is 0.133. The molecule has 0 aliphatic rings. The van der Waals surface area contributed by atoms with Crippen molar-refractivity contribution in [3.63, 3.8) is 0 Å². The van der Waals surface area contributed by atoms with E-state index in [1.807, 2.05) is 0 Å². The quantitative estimate of drug-likeness (QED) is 0.393. The maximum atomic E-state index is 10.8. The molecule has 0 fully saturated rings. The van der Waals surface area contributed by atoms with Gasteiger partial charge in [-0.1, -0.05) is 0 Å². The van der Waals surface area contributed by atoms with Crippen molar-refractivity contribution in [2.24, 2.45) is 10.8 Å². The molecule has 1 heterocycles. The third-order valence-corrected chi connectivity index (χ3v) is 2.91. The summed E-state index contributed by atoms with van der Waals surface area (Å²) in [5, 5.41) is 12.7. The fourth-order valence-electron chi connectivity index (χ4n) is 1.77. The topological polar surface area (TPSA) is 119 Å². The molecule has 24 heavy (non-hydrogen) atoms. The maximum absolute atomic E-state index is 10.8. The van der Waals surface area contributed by atoms with E-state index in [-0.39, 0.29) is 17.5 Å². The SMILES string of the molecule is COc1cc(/C=N/NC(N)=S)ccc1OCc1ccc(C(=O)O)o1. The van der Waals surface area contributed by atoms with Crippen LogP contribution in [0.2, 0.25) is 0 Å². The van der Waals surface area contributed by atoms with E-state index in [1.165, 1.54) is 19.4 Å². The maximum Gasteiger partial charge on any atom is 0.371 e. The van der Waals surface area contributed by atoms with E-state index in [2.05, 4.69) is 22.7 Å². The van der Waals surface area contributed by atoms with Crippen LogP contribution < -0.4 is 20.6 Å². The number of aromatic carboxylic acids is 1. The summed E-state index contributed by atoms with van der Waals surface area (Å²) in [5.41, 5.74) is 8.46. The van der Waals surface area contributed by atoms with Crippen molar-refractivity contribution in [3.8, 4) is 11.5 Å². The zero-order chi connectivity index (χ0) is 17.5. The largest absolute Gasteiger partial charge is 0.493 e. The van der Waals surface area contributed by atoms with Crippen molar-refractivity contribution < 1.29 is 23.8 Å². The highest BCUT2D eigenvalue weighted by atomic mass is 32.1. The second-order valence-corrected chi connectivity index (χ2v) is 4.94. The molecular weight excluding hydrogens is 334 g/mol. The molecule has 8 nitrogen and oxygen atoms in total. The van der Waals surface area contributed by atoms with Gasteiger partial charge in [-0.2, -0.15) is 5.10 Å². The van der Waals surface area contributed by atoms with Crippen molar-refractivity contribution in [1.29, 1.82) is 0 Å². The van der Waals surface area contributed by atoms with Gasteiger partial charge in [0.25, 0.3) is 0 Å². The number of hydrazone groups is 1. The molecule has 0 saturated heterocycles. The highest BCUT2D eigenvalue weighted by Crippen LogP contribution is 2.28. The summed E-state index contributed by atoms with van der Waals surface area (Å²) in [7, 11) is 1.51. The van der Waals surface area contributed by atoms with Crippen LogP contribution in [-0.2, 0) is 6.61 Å². The van der Waals surface area contributed by atoms with Gasteiger partial charge < -0.3 is 24.7 Å². The Balaban J connectivity index is 2.05. The van der Waals surface area contributed by atoms with Gasteiger partial charge in [0.1, 0.15) is 12.4 Å². The Morgan fingerprint density at radius 2 is 2.21 bits per heavy atom. The minimum Gasteiger partial charge on any atom is -0.493 e. The van der Waals surface area contributed by atoms with Crippen LogP contribution in [0.4, 0.5) is 0 Å². The molecular formula is C15H15N3O5S. The third-order valence-electron chi connectivity index (χ3n) is 2.82. The van der Waals surface area contributed by atoms with E-state index >= 15 is 0 Å². The molecule has 0 atom stereocenters. The molecule has 9 heteroatoms. The number of nitrogens with zero attached hydrogens (tertiary/aromatic N) is 1. The smallest absolute Gasteiger partial charge is 0.371 e. The van der Waals surface area contributed by atoms with Gasteiger partial charge in [-0.15, -0.1) is 0 Å². The lowest BCUT2D eigenvalue weighted by atomic mass is 10.2. The number of ether oxygens (including phenoxy) is 2. The van der Waals surface area contributed by atoms with Crippen molar-refractivity contribution in [3.05, 3.63) is 47.4 Å². The standard InChI is InChI=1S/C15H15N3O5S/c1-21-13-6-9(7-17-18-15(16)24)2-4-11(13)22-8-10-3-5-12(23-10)14(19)20/h2-7H,8H2,1H3,(H,19,20)(H3,16,18,24)/b17-7+. The molecule has 0 bridgehead atoms. The van der Waals surface area contributed by atoms with Gasteiger partial charge in [0.05, 0.1) is 13.3 Å². The molecule has 0 amide bonds. The van der Waals surface area contributed by atoms with Crippen LogP contribution in [0.3, 0.4) is 0 Å². The zero-order valence-corrected chi connectivity index (χ0v) is 13.5. The lowest BCUT2D eigenvalue weighted by Gasteiger charge is -2.10. The van der Waals surface area contributed by atoms with Crippen molar-refractivity contribution in [2.75, 3.05) is 7.11 Å². The van der Waals surface area contributed by atoms with Crippen LogP contribution >= 0.6 is 12.2 Å². The molecule has 0 spiro atoms. The van der Waals surface area contributed by atoms with Crippen LogP contribution in [0.25, 0.3) is 0 Å². The van der Waals surface area contributed by atoms with E-state index in [9.17, 15) is 4.79 Å². The number of nitrogens with two attached hydrogens (primary N) is 1. The number of thiocarbonyl (C=S) groups is 1. The first kappa shape index (κ1) is 17.3. The molecule has 0 aliphatic carbocycles. The monoisotopic (exact) mass is 349 g/mol. The summed E-state index contributed by atoms with van der Waals surface area (Å²) >= 11 is 4.64. The van der Waals surface area contributed by atoms with E-state index in [4.69, 9.17) is 24.7 Å². The molecule has 0 radical (unpaired) electrons. The summed E-state index contributed by atoms with van der Waals surface area (Å²) < 4.78 is 16.0. The summed E-state index contributed by atoms with van der Waals surface area (Å²) in [4.78, 5) is 10.8. The van der Waals surface area contributed by atoms with E-state index in [0.29, 0.717) is 17.3 Å². The Hall–Kier alpha value is -3.07. The lowest BCUT2D eigenvalue weighted by Crippen LogP contribution is -2.23. The van der Waals surface area contributed by atoms with Gasteiger partial charge in [-0.25, -0.2) is 4.79 Å². The average molecular weight is 349 g/mol. The van der Waals surface area contributed by atoms with Crippen LogP contribution in [0.5, 0.6) is 11.5 Å². The number of carboxylic acid groups (broad SMARTS) is 1. The molecule has 1 aromatic heterocycles. The van der Waals surface area contributed by atoms with E-state index < -0.39 is 5.97 Å². The predicted molar refractivity (Wildman–Crippen MR) is 90.5 cm³/mol. The van der Waals surface area contributed by atoms with Crippen molar-refractivity contribution in [2.45, 2.75) is 6.61 Å². The molecule has 4 N–H and O–H groups in total. The Kier molecular flexibility index (Phi) is 5.74. The molecule has 2 aromatic rings. The average Bonchev–Trinajstić information content (AvgIpc) is 3.02. The van der Waals surface area contributed by atoms with E-state index in [0.717, 1.165) is 5.56 Å². The van der Waals surface area contributed by atoms with Gasteiger partial charge >= 0.3 is 5.97 Å². The van der Waals surface area contributed by atoms with Gasteiger partial charge in [-0.3, -0.25) is 5.43 Å². The van der Waals surface area contributed by atoms with E-state index in [1.54, 1.807) is 24.3 Å². The van der Waals surface area contributed by atoms with Gasteiger partial charge in [0.2, 0.25) is 5.76 Å². The number of rotatable bonds is 7. The minimum atomic E-state index is -1.13. The minimum absolute atomic E-state index is 0.0670. The second kappa shape index (κ2) is 7.97. The Bertz CT molecular complexity index is 772. The second-order valence-electron chi connectivity index (χ2n) is 4.50. The number of hydrogen-bond acceptors (Lipinski definition) is 6. The highest BCUT2D eigenvalue weighted by Gasteiger charge is 2.11. The highest BCUT2D eigenvalue weighted by molar-refractivity contribution is 7.80. The first-order chi connectivity index (χ1) is 11.5.